The summed E-state index contributed by atoms with van der Waals surface area (Å²) in [7, 11) is 0. The van der Waals surface area contributed by atoms with Crippen LogP contribution in [0.4, 0.5) is 0 Å². The van der Waals surface area contributed by atoms with Crippen LogP contribution in [-0.4, -0.2) is 32.9 Å². The Bertz CT molecular complexity index is 323. The van der Waals surface area contributed by atoms with Gasteiger partial charge in [-0.3, -0.25) is 9.59 Å². The van der Waals surface area contributed by atoms with E-state index in [1.165, 1.54) is 11.8 Å². The summed E-state index contributed by atoms with van der Waals surface area (Å²) < 4.78 is 5.42. The lowest BCUT2D eigenvalue weighted by atomic mass is 10.1. The fraction of sp³-hybridized carbons (Fsp3) is 0.857. The van der Waals surface area contributed by atoms with E-state index in [-0.39, 0.29) is 16.3 Å². The monoisotopic (exact) mass is 304 g/mol. The van der Waals surface area contributed by atoms with Gasteiger partial charge >= 0.3 is 5.97 Å². The fourth-order valence-electron chi connectivity index (χ4n) is 1.99. The molecule has 0 aliphatic carbocycles. The highest BCUT2D eigenvalue weighted by Crippen LogP contribution is 2.37. The maximum Gasteiger partial charge on any atom is 0.319 e. The Morgan fingerprint density at radius 1 is 1.32 bits per heavy atom. The number of hydrogen-bond acceptors (Lipinski definition) is 5. The smallest absolute Gasteiger partial charge is 0.319 e. The van der Waals surface area contributed by atoms with Crippen LogP contribution in [0.3, 0.4) is 0 Å². The van der Waals surface area contributed by atoms with Crippen molar-refractivity contribution in [3.05, 3.63) is 0 Å². The van der Waals surface area contributed by atoms with E-state index in [4.69, 9.17) is 4.74 Å². The van der Waals surface area contributed by atoms with E-state index in [2.05, 4.69) is 0 Å². The fourth-order valence-corrected chi connectivity index (χ4v) is 4.06. The van der Waals surface area contributed by atoms with E-state index in [1.807, 2.05) is 20.8 Å². The minimum atomic E-state index is -0.395. The third-order valence-corrected chi connectivity index (χ3v) is 5.27. The Kier molecular flexibility index (Phi) is 6.74. The van der Waals surface area contributed by atoms with E-state index in [9.17, 15) is 9.59 Å². The molecular formula is C14H24O3S2. The van der Waals surface area contributed by atoms with Crippen LogP contribution in [0.1, 0.15) is 53.4 Å². The molecule has 19 heavy (non-hydrogen) atoms. The molecule has 0 saturated carbocycles. The van der Waals surface area contributed by atoms with Crippen molar-refractivity contribution in [1.82, 2.24) is 0 Å². The van der Waals surface area contributed by atoms with Crippen LogP contribution in [0.5, 0.6) is 0 Å². The average molecular weight is 304 g/mol. The van der Waals surface area contributed by atoms with Gasteiger partial charge in [0.15, 0.2) is 5.12 Å². The summed E-state index contributed by atoms with van der Waals surface area (Å²) in [6.45, 7) is 7.32. The van der Waals surface area contributed by atoms with E-state index in [1.54, 1.807) is 18.7 Å². The lowest BCUT2D eigenvalue weighted by Crippen LogP contribution is -2.29. The number of thioether (sulfide) groups is 2. The maximum absolute atomic E-state index is 11.9. The number of carbonyl (C=O) groups is 2. The van der Waals surface area contributed by atoms with Crippen LogP contribution in [0.2, 0.25) is 0 Å². The van der Waals surface area contributed by atoms with Crippen LogP contribution in [0.25, 0.3) is 0 Å². The molecule has 110 valence electrons. The van der Waals surface area contributed by atoms with Crippen LogP contribution >= 0.6 is 23.5 Å². The first-order chi connectivity index (χ1) is 8.78. The summed E-state index contributed by atoms with van der Waals surface area (Å²) in [5.74, 6) is 0.821. The van der Waals surface area contributed by atoms with Crippen molar-refractivity contribution in [1.29, 1.82) is 0 Å². The third-order valence-electron chi connectivity index (χ3n) is 2.75. The minimum absolute atomic E-state index is 0.00434. The van der Waals surface area contributed by atoms with Crippen molar-refractivity contribution in [2.45, 2.75) is 69.5 Å². The van der Waals surface area contributed by atoms with Gasteiger partial charge in [-0.25, -0.2) is 0 Å². The number of ether oxygens (including phenoxy) is 1. The van der Waals surface area contributed by atoms with Crippen LogP contribution in [0, 0.1) is 0 Å². The minimum Gasteiger partial charge on any atom is -0.459 e. The van der Waals surface area contributed by atoms with E-state index >= 15 is 0 Å². The molecule has 0 aromatic heterocycles. The Morgan fingerprint density at radius 2 is 2.00 bits per heavy atom. The molecule has 1 fully saturated rings. The quantitative estimate of drug-likeness (QED) is 0.573. The molecule has 0 unspecified atom stereocenters. The lowest BCUT2D eigenvalue weighted by molar-refractivity contribution is -0.154. The summed E-state index contributed by atoms with van der Waals surface area (Å²) >= 11 is 3.14. The van der Waals surface area contributed by atoms with Gasteiger partial charge in [-0.15, -0.1) is 11.8 Å². The van der Waals surface area contributed by atoms with Crippen molar-refractivity contribution in [2.24, 2.45) is 0 Å². The second-order valence-corrected chi connectivity index (χ2v) is 8.62. The molecule has 0 N–H and O–H groups in total. The second kappa shape index (κ2) is 7.58. The van der Waals surface area contributed by atoms with Crippen LogP contribution in [0.15, 0.2) is 0 Å². The summed E-state index contributed by atoms with van der Waals surface area (Å²) in [4.78, 5) is 22.7. The van der Waals surface area contributed by atoms with Gasteiger partial charge in [-0.1, -0.05) is 11.8 Å². The number of hydrogen-bond donors (Lipinski definition) is 0. The highest BCUT2D eigenvalue weighted by Gasteiger charge is 2.33. The van der Waals surface area contributed by atoms with Gasteiger partial charge in [0.25, 0.3) is 0 Å². The first-order valence-corrected chi connectivity index (χ1v) is 8.72. The molecule has 0 aromatic carbocycles. The van der Waals surface area contributed by atoms with Crippen molar-refractivity contribution >= 4 is 34.6 Å². The molecule has 1 saturated heterocycles. The molecule has 0 bridgehead atoms. The number of rotatable bonds is 5. The zero-order valence-electron chi connectivity index (χ0n) is 12.2. The summed E-state index contributed by atoms with van der Waals surface area (Å²) in [6.07, 6.45) is 4.14. The van der Waals surface area contributed by atoms with E-state index < -0.39 is 5.60 Å². The largest absolute Gasteiger partial charge is 0.459 e. The van der Waals surface area contributed by atoms with Gasteiger partial charge in [-0.2, -0.15) is 0 Å². The Morgan fingerprint density at radius 3 is 2.58 bits per heavy atom. The molecule has 1 heterocycles. The van der Waals surface area contributed by atoms with Gasteiger partial charge in [0, 0.05) is 17.9 Å². The standard InChI is InChI=1S/C14H24O3S2/c1-10(15)18-9-5-6-11-7-8-12(19-11)13(16)17-14(2,3)4/h11-12H,5-9H2,1-4H3/t11-,12+/m1/s1. The summed E-state index contributed by atoms with van der Waals surface area (Å²) in [6, 6.07) is 0. The Hall–Kier alpha value is -0.160. The number of carbonyl (C=O) groups excluding carboxylic acids is 2. The van der Waals surface area contributed by atoms with Crippen LogP contribution in [-0.2, 0) is 14.3 Å². The lowest BCUT2D eigenvalue weighted by Gasteiger charge is -2.21. The molecule has 1 aliphatic heterocycles. The SMILES string of the molecule is CC(=O)SCCC[C@@H]1CC[C@@H](C(=O)OC(C)(C)C)S1. The molecule has 0 amide bonds. The Labute approximate surface area is 124 Å². The van der Waals surface area contributed by atoms with E-state index in [0.29, 0.717) is 5.25 Å². The molecule has 2 atom stereocenters. The molecule has 1 aliphatic rings. The average Bonchev–Trinajstić information content (AvgIpc) is 2.70. The van der Waals surface area contributed by atoms with Crippen molar-refractivity contribution in [3.63, 3.8) is 0 Å². The van der Waals surface area contributed by atoms with Gasteiger partial charge in [0.2, 0.25) is 0 Å². The van der Waals surface area contributed by atoms with Gasteiger partial charge < -0.3 is 4.74 Å². The Balaban J connectivity index is 2.22. The molecule has 0 radical (unpaired) electrons. The first-order valence-electron chi connectivity index (χ1n) is 6.79. The third kappa shape index (κ3) is 7.25. The van der Waals surface area contributed by atoms with Crippen molar-refractivity contribution in [3.8, 4) is 0 Å². The predicted octanol–water partition coefficient (Wildman–Crippen LogP) is 3.65. The molecule has 0 spiro atoms. The van der Waals surface area contributed by atoms with E-state index in [0.717, 1.165) is 31.4 Å². The van der Waals surface area contributed by atoms with Crippen molar-refractivity contribution < 1.29 is 14.3 Å². The zero-order valence-corrected chi connectivity index (χ0v) is 13.9. The maximum atomic E-state index is 11.9. The zero-order chi connectivity index (χ0) is 14.5. The summed E-state index contributed by atoms with van der Waals surface area (Å²) in [5.41, 5.74) is -0.395. The summed E-state index contributed by atoms with van der Waals surface area (Å²) in [5, 5.41) is 0.737. The predicted molar refractivity (Wildman–Crippen MR) is 82.6 cm³/mol. The molecular weight excluding hydrogens is 280 g/mol. The topological polar surface area (TPSA) is 43.4 Å². The van der Waals surface area contributed by atoms with Crippen molar-refractivity contribution in [2.75, 3.05) is 5.75 Å². The highest BCUT2D eigenvalue weighted by molar-refractivity contribution is 8.13. The molecule has 0 aromatic rings. The number of esters is 1. The normalized spacial score (nSPS) is 23.4. The molecule has 3 nitrogen and oxygen atoms in total. The van der Waals surface area contributed by atoms with Gasteiger partial charge in [0.05, 0.1) is 0 Å². The first kappa shape index (κ1) is 16.9. The van der Waals surface area contributed by atoms with Crippen LogP contribution < -0.4 is 0 Å². The highest BCUT2D eigenvalue weighted by atomic mass is 32.2. The molecule has 1 rings (SSSR count). The van der Waals surface area contributed by atoms with Gasteiger partial charge in [-0.05, 0) is 46.5 Å². The second-order valence-electron chi connectivity index (χ2n) is 5.84. The molecule has 5 heteroatoms. The van der Waals surface area contributed by atoms with Gasteiger partial charge in [0.1, 0.15) is 10.9 Å².